The largest absolute Gasteiger partial charge is 0.396 e. The minimum Gasteiger partial charge on any atom is -0.396 e. The average molecular weight is 628 g/mol. The van der Waals surface area contributed by atoms with Gasteiger partial charge in [0.15, 0.2) is 6.29 Å². The Kier molecular flexibility index (Phi) is 13.7. The van der Waals surface area contributed by atoms with Crippen LogP contribution in [0.25, 0.3) is 0 Å². The number of nitrogens with zero attached hydrogens (tertiary/aromatic N) is 1. The second-order valence-corrected chi connectivity index (χ2v) is 11.3. The Hall–Kier alpha value is -1.37. The highest BCUT2D eigenvalue weighted by molar-refractivity contribution is 5.73. The van der Waals surface area contributed by atoms with Crippen LogP contribution in [0, 0.1) is 5.92 Å². The molecule has 15 unspecified atom stereocenters. The summed E-state index contributed by atoms with van der Waals surface area (Å²) in [5, 5.41) is 88.5. The summed E-state index contributed by atoms with van der Waals surface area (Å²) in [4.78, 5) is 12.7. The first-order valence-corrected chi connectivity index (χ1v) is 14.4. The number of amides is 2. The highest BCUT2D eigenvalue weighted by Crippen LogP contribution is 2.37. The number of aliphatic hydroxyl groups is 7. The molecule has 2 heterocycles. The molecule has 15 atom stereocenters. The minimum atomic E-state index is -1.62. The lowest BCUT2D eigenvalue weighted by molar-refractivity contribution is -0.307. The Morgan fingerprint density at radius 2 is 1.63 bits per heavy atom. The number of nitrogens with one attached hydrogen (secondary N) is 2. The zero-order valence-corrected chi connectivity index (χ0v) is 23.8. The van der Waals surface area contributed by atoms with Gasteiger partial charge < -0.3 is 83.5 Å². The first-order valence-electron chi connectivity index (χ1n) is 14.4. The van der Waals surface area contributed by atoms with Crippen molar-refractivity contribution in [1.29, 1.82) is 0 Å². The van der Waals surface area contributed by atoms with E-state index in [1.165, 1.54) is 0 Å². The second kappa shape index (κ2) is 16.3. The van der Waals surface area contributed by atoms with E-state index in [2.05, 4.69) is 10.6 Å². The van der Waals surface area contributed by atoms with Crippen LogP contribution in [0.1, 0.15) is 12.8 Å². The summed E-state index contributed by atoms with van der Waals surface area (Å²) in [6.07, 6.45) is -13.5. The summed E-state index contributed by atoms with van der Waals surface area (Å²) in [5.74, 6) is -1.06. The molecule has 43 heavy (non-hydrogen) atoms. The summed E-state index contributed by atoms with van der Waals surface area (Å²) >= 11 is 0. The van der Waals surface area contributed by atoms with Crippen molar-refractivity contribution >= 4 is 6.03 Å². The Bertz CT molecular complexity index is 867. The molecule has 3 aliphatic rings. The van der Waals surface area contributed by atoms with Gasteiger partial charge in [-0.05, 0) is 19.4 Å². The summed E-state index contributed by atoms with van der Waals surface area (Å²) in [6, 6.07) is -5.53. The SMILES string of the molecule is NCCN(O)C(=O)NC1CC(N)C(C2OC(CNCCCO)C(O)C(O)C2N)C(O)C1OC1OC(CO)C(O)C(N)C1O. The summed E-state index contributed by atoms with van der Waals surface area (Å²) < 4.78 is 17.6. The number of carbonyl (C=O) groups excluding carboxylic acids is 1. The minimum absolute atomic E-state index is 0.0509. The van der Waals surface area contributed by atoms with Gasteiger partial charge >= 0.3 is 6.03 Å². The van der Waals surface area contributed by atoms with E-state index in [0.717, 1.165) is 0 Å². The van der Waals surface area contributed by atoms with Crippen LogP contribution in [-0.2, 0) is 14.2 Å². The first-order chi connectivity index (χ1) is 20.4. The number of urea groups is 1. The first kappa shape index (κ1) is 36.1. The van der Waals surface area contributed by atoms with Crippen LogP contribution >= 0.6 is 0 Å². The van der Waals surface area contributed by atoms with Crippen LogP contribution < -0.4 is 33.6 Å². The fraction of sp³-hybridized carbons (Fsp3) is 0.958. The van der Waals surface area contributed by atoms with Gasteiger partial charge in [-0.2, -0.15) is 0 Å². The molecule has 0 aromatic carbocycles. The highest BCUT2D eigenvalue weighted by Gasteiger charge is 2.55. The number of aliphatic hydroxyl groups excluding tert-OH is 7. The van der Waals surface area contributed by atoms with Gasteiger partial charge in [0.2, 0.25) is 0 Å². The fourth-order valence-corrected chi connectivity index (χ4v) is 5.87. The molecule has 3 fully saturated rings. The molecule has 0 bridgehead atoms. The average Bonchev–Trinajstić information content (AvgIpc) is 2.97. The predicted molar refractivity (Wildman–Crippen MR) is 146 cm³/mol. The molecule has 1 saturated carbocycles. The van der Waals surface area contributed by atoms with Gasteiger partial charge in [0.05, 0.1) is 49.6 Å². The van der Waals surface area contributed by atoms with Crippen LogP contribution in [-0.4, -0.2) is 177 Å². The number of rotatable bonds is 12. The Labute approximate surface area is 248 Å². The zero-order chi connectivity index (χ0) is 32.0. The number of ether oxygens (including phenoxy) is 3. The molecule has 18 N–H and O–H groups in total. The molecule has 2 aliphatic heterocycles. The molecule has 252 valence electrons. The number of carbonyl (C=O) groups is 1. The van der Waals surface area contributed by atoms with Gasteiger partial charge in [-0.1, -0.05) is 0 Å². The molecule has 2 saturated heterocycles. The van der Waals surface area contributed by atoms with Gasteiger partial charge in [0.1, 0.15) is 36.6 Å². The molecule has 0 radical (unpaired) electrons. The maximum Gasteiger partial charge on any atom is 0.341 e. The second-order valence-electron chi connectivity index (χ2n) is 11.3. The van der Waals surface area contributed by atoms with Crippen LogP contribution in [0.2, 0.25) is 0 Å². The summed E-state index contributed by atoms with van der Waals surface area (Å²) in [6.45, 7) is -0.502. The summed E-state index contributed by atoms with van der Waals surface area (Å²) in [7, 11) is 0. The van der Waals surface area contributed by atoms with E-state index < -0.39 is 104 Å². The number of hydrogen-bond acceptors (Lipinski definition) is 17. The molecule has 0 spiro atoms. The topological polar surface area (TPSA) is 338 Å². The smallest absolute Gasteiger partial charge is 0.341 e. The van der Waals surface area contributed by atoms with E-state index in [4.69, 9.17) is 42.3 Å². The van der Waals surface area contributed by atoms with Gasteiger partial charge in [-0.3, -0.25) is 5.21 Å². The molecular weight excluding hydrogens is 578 g/mol. The normalized spacial score (nSPS) is 43.8. The quantitative estimate of drug-likeness (QED) is 0.0542. The third-order valence-electron chi connectivity index (χ3n) is 8.33. The lowest BCUT2D eigenvalue weighted by atomic mass is 9.71. The van der Waals surface area contributed by atoms with E-state index in [-0.39, 0.29) is 32.7 Å². The Balaban J connectivity index is 1.88. The molecule has 2 amide bonds. The van der Waals surface area contributed by atoms with Crippen LogP contribution in [0.5, 0.6) is 0 Å². The lowest BCUT2D eigenvalue weighted by Gasteiger charge is -2.52. The van der Waals surface area contributed by atoms with E-state index in [0.29, 0.717) is 18.0 Å². The maximum atomic E-state index is 12.7. The van der Waals surface area contributed by atoms with Crippen molar-refractivity contribution in [2.24, 2.45) is 28.9 Å². The zero-order valence-electron chi connectivity index (χ0n) is 23.8. The third kappa shape index (κ3) is 8.27. The molecule has 19 nitrogen and oxygen atoms in total. The molecule has 1 aliphatic carbocycles. The third-order valence-corrected chi connectivity index (χ3v) is 8.33. The van der Waals surface area contributed by atoms with E-state index in [9.17, 15) is 40.6 Å². The van der Waals surface area contributed by atoms with Crippen molar-refractivity contribution in [1.82, 2.24) is 15.7 Å². The van der Waals surface area contributed by atoms with E-state index in [1.54, 1.807) is 0 Å². The van der Waals surface area contributed by atoms with E-state index >= 15 is 0 Å². The van der Waals surface area contributed by atoms with Crippen molar-refractivity contribution in [3.63, 3.8) is 0 Å². The maximum absolute atomic E-state index is 12.7. The Morgan fingerprint density at radius 3 is 2.26 bits per heavy atom. The standard InChI is InChI=1S/C24H49N7O12/c25-2-4-31(40)24(39)30-10-6-9(26)13(22-15(28)19(37)17(35)11(41-22)7-29-3-1-5-32)18(36)21(10)43-23-20(38)14(27)16(34)12(8-33)42-23/h9-23,29,32-38,40H,1-8,25-28H2,(H,30,39). The summed E-state index contributed by atoms with van der Waals surface area (Å²) in [5.41, 5.74) is 24.1. The highest BCUT2D eigenvalue weighted by atomic mass is 16.7. The van der Waals surface area contributed by atoms with Crippen molar-refractivity contribution in [3.8, 4) is 0 Å². The van der Waals surface area contributed by atoms with Crippen molar-refractivity contribution in [2.45, 2.75) is 98.2 Å². The lowest BCUT2D eigenvalue weighted by Crippen LogP contribution is -2.72. The van der Waals surface area contributed by atoms with Crippen LogP contribution in [0.4, 0.5) is 4.79 Å². The van der Waals surface area contributed by atoms with Gasteiger partial charge in [0.25, 0.3) is 0 Å². The molecule has 19 heteroatoms. The van der Waals surface area contributed by atoms with Crippen LogP contribution in [0.3, 0.4) is 0 Å². The monoisotopic (exact) mass is 627 g/mol. The number of hydroxylamine groups is 2. The van der Waals surface area contributed by atoms with Crippen LogP contribution in [0.15, 0.2) is 0 Å². The van der Waals surface area contributed by atoms with Gasteiger partial charge in [-0.15, -0.1) is 0 Å². The molecular formula is C24H49N7O12. The fourth-order valence-electron chi connectivity index (χ4n) is 5.87. The number of nitrogens with two attached hydrogens (primary N) is 4. The van der Waals surface area contributed by atoms with Crippen molar-refractivity contribution in [3.05, 3.63) is 0 Å². The van der Waals surface area contributed by atoms with Crippen molar-refractivity contribution in [2.75, 3.05) is 39.4 Å². The predicted octanol–water partition coefficient (Wildman–Crippen LogP) is -7.64. The molecule has 0 aromatic heterocycles. The van der Waals surface area contributed by atoms with E-state index in [1.807, 2.05) is 0 Å². The van der Waals surface area contributed by atoms with Gasteiger partial charge in [0, 0.05) is 31.7 Å². The van der Waals surface area contributed by atoms with Gasteiger partial charge in [-0.25, -0.2) is 9.86 Å². The number of hydrogen-bond donors (Lipinski definition) is 14. The van der Waals surface area contributed by atoms with Crippen molar-refractivity contribution < 1.29 is 60.0 Å². The molecule has 0 aromatic rings. The Morgan fingerprint density at radius 1 is 0.930 bits per heavy atom. The molecule has 3 rings (SSSR count).